The number of hydrogen-bond acceptors (Lipinski definition) is 2. The summed E-state index contributed by atoms with van der Waals surface area (Å²) in [4.78, 5) is 2.58. The molecule has 0 bridgehead atoms. The zero-order valence-electron chi connectivity index (χ0n) is 23.5. The van der Waals surface area contributed by atoms with Crippen LogP contribution in [0.15, 0.2) is 144 Å². The van der Waals surface area contributed by atoms with Gasteiger partial charge in [0.25, 0.3) is 0 Å². The molecule has 2 nitrogen and oxygen atoms in total. The number of nitrogens with zero attached hydrogens (tertiary/aromatic N) is 1. The molecule has 1 aromatic heterocycles. The predicted octanol–water partition coefficient (Wildman–Crippen LogP) is 11.3. The molecule has 0 aliphatic carbocycles. The van der Waals surface area contributed by atoms with Crippen LogP contribution in [0.2, 0.25) is 0 Å². The minimum absolute atomic E-state index is 0.217. The van der Waals surface area contributed by atoms with Crippen LogP contribution in [0.25, 0.3) is 43.8 Å². The van der Waals surface area contributed by atoms with Crippen LogP contribution in [0, 0.1) is 0 Å². The van der Waals surface area contributed by atoms with E-state index < -0.39 is 0 Å². The zero-order chi connectivity index (χ0) is 27.8. The molecule has 1 heterocycles. The number of rotatable bonds is 7. The van der Waals surface area contributed by atoms with Gasteiger partial charge in [-0.1, -0.05) is 129 Å². The molecule has 0 saturated heterocycles. The average molecular weight is 532 g/mol. The third-order valence-electron chi connectivity index (χ3n) is 8.76. The van der Waals surface area contributed by atoms with E-state index in [2.05, 4.69) is 146 Å². The number of hydrogen-bond donors (Lipinski definition) is 0. The van der Waals surface area contributed by atoms with Gasteiger partial charge in [-0.15, -0.1) is 0 Å². The maximum atomic E-state index is 6.37. The predicted molar refractivity (Wildman–Crippen MR) is 174 cm³/mol. The highest BCUT2D eigenvalue weighted by Gasteiger charge is 2.37. The number of fused-ring (bicyclic) bond motifs is 4. The van der Waals surface area contributed by atoms with E-state index in [-0.39, 0.29) is 5.54 Å². The summed E-state index contributed by atoms with van der Waals surface area (Å²) in [5, 5.41) is 4.81. The number of furan rings is 1. The molecule has 0 atom stereocenters. The van der Waals surface area contributed by atoms with E-state index in [0.717, 1.165) is 45.9 Å². The van der Waals surface area contributed by atoms with E-state index in [1.165, 1.54) is 27.7 Å². The van der Waals surface area contributed by atoms with Crippen molar-refractivity contribution in [1.29, 1.82) is 0 Å². The molecular weight excluding hydrogens is 498 g/mol. The molecule has 200 valence electrons. The Kier molecular flexibility index (Phi) is 6.32. The van der Waals surface area contributed by atoms with Gasteiger partial charge in [0.15, 0.2) is 0 Å². The van der Waals surface area contributed by atoms with Gasteiger partial charge in [-0.3, -0.25) is 0 Å². The summed E-state index contributed by atoms with van der Waals surface area (Å²) in [6.07, 6.45) is 1.94. The van der Waals surface area contributed by atoms with Crippen LogP contribution >= 0.6 is 0 Å². The molecule has 0 fully saturated rings. The minimum atomic E-state index is -0.217. The Morgan fingerprint density at radius 2 is 1.20 bits per heavy atom. The summed E-state index contributed by atoms with van der Waals surface area (Å²) >= 11 is 0. The first-order valence-corrected chi connectivity index (χ1v) is 14.6. The molecular formula is C39H33NO. The zero-order valence-corrected chi connectivity index (χ0v) is 23.5. The van der Waals surface area contributed by atoms with Crippen LogP contribution in [0.5, 0.6) is 0 Å². The minimum Gasteiger partial charge on any atom is -0.455 e. The molecule has 0 aliphatic rings. The second-order valence-electron chi connectivity index (χ2n) is 10.8. The first-order valence-electron chi connectivity index (χ1n) is 14.6. The lowest BCUT2D eigenvalue weighted by molar-refractivity contribution is 0.404. The molecule has 0 aliphatic heterocycles. The highest BCUT2D eigenvalue weighted by atomic mass is 16.3. The molecule has 0 amide bonds. The summed E-state index contributed by atoms with van der Waals surface area (Å²) in [6, 6.07) is 50.1. The molecule has 7 rings (SSSR count). The fourth-order valence-electron chi connectivity index (χ4n) is 6.64. The van der Waals surface area contributed by atoms with Crippen molar-refractivity contribution in [2.24, 2.45) is 0 Å². The molecule has 2 heteroatoms. The van der Waals surface area contributed by atoms with Crippen molar-refractivity contribution in [3.8, 4) is 11.1 Å². The smallest absolute Gasteiger partial charge is 0.143 e. The third-order valence-corrected chi connectivity index (χ3v) is 8.76. The molecule has 0 N–H and O–H groups in total. The van der Waals surface area contributed by atoms with Crippen LogP contribution < -0.4 is 4.90 Å². The Balaban J connectivity index is 1.42. The van der Waals surface area contributed by atoms with Gasteiger partial charge in [0, 0.05) is 33.1 Å². The highest BCUT2D eigenvalue weighted by molar-refractivity contribution is 6.09. The lowest BCUT2D eigenvalue weighted by atomic mass is 9.81. The standard InChI is InChI=1S/C39H33NO/c1-3-39(4-2,30-16-6-5-7-17-30)40(36-22-12-15-28-14-8-9-18-32(28)36)31-26-24-29(25-27-31)33-20-13-21-35-34-19-10-11-23-37(34)41-38(33)35/h5-27H,3-4H2,1-2H3. The number of para-hydroxylation sites is 2. The van der Waals surface area contributed by atoms with Gasteiger partial charge in [-0.25, -0.2) is 0 Å². The van der Waals surface area contributed by atoms with E-state index in [4.69, 9.17) is 4.42 Å². The molecule has 6 aromatic carbocycles. The Morgan fingerprint density at radius 3 is 1.98 bits per heavy atom. The van der Waals surface area contributed by atoms with Crippen LogP contribution in [0.3, 0.4) is 0 Å². The monoisotopic (exact) mass is 531 g/mol. The quantitative estimate of drug-likeness (QED) is 0.203. The Labute approximate surface area is 241 Å². The van der Waals surface area contributed by atoms with E-state index in [9.17, 15) is 0 Å². The topological polar surface area (TPSA) is 16.4 Å². The fourth-order valence-corrected chi connectivity index (χ4v) is 6.64. The summed E-state index contributed by atoms with van der Waals surface area (Å²) in [5.74, 6) is 0. The van der Waals surface area contributed by atoms with Crippen molar-refractivity contribution in [3.05, 3.63) is 145 Å². The van der Waals surface area contributed by atoms with Gasteiger partial charge in [0.1, 0.15) is 11.2 Å². The van der Waals surface area contributed by atoms with E-state index in [1.807, 2.05) is 12.1 Å². The SMILES string of the molecule is CCC(CC)(c1ccccc1)N(c1ccc(-c2cccc3c2oc2ccccc23)cc1)c1cccc2ccccc12. The van der Waals surface area contributed by atoms with E-state index in [0.29, 0.717) is 0 Å². The van der Waals surface area contributed by atoms with Crippen molar-refractivity contribution in [2.45, 2.75) is 32.2 Å². The summed E-state index contributed by atoms with van der Waals surface area (Å²) < 4.78 is 6.37. The van der Waals surface area contributed by atoms with E-state index >= 15 is 0 Å². The summed E-state index contributed by atoms with van der Waals surface area (Å²) in [5.41, 5.74) is 7.63. The van der Waals surface area contributed by atoms with Gasteiger partial charge < -0.3 is 9.32 Å². The molecule has 0 unspecified atom stereocenters. The largest absolute Gasteiger partial charge is 0.455 e. The van der Waals surface area contributed by atoms with Gasteiger partial charge in [-0.2, -0.15) is 0 Å². The number of anilines is 2. The van der Waals surface area contributed by atoms with Crippen LogP contribution in [0.4, 0.5) is 11.4 Å². The van der Waals surface area contributed by atoms with Crippen molar-refractivity contribution in [2.75, 3.05) is 4.90 Å². The summed E-state index contributed by atoms with van der Waals surface area (Å²) in [7, 11) is 0. The number of benzene rings is 6. The Hall–Kier alpha value is -4.82. The maximum absolute atomic E-state index is 6.37. The van der Waals surface area contributed by atoms with Crippen molar-refractivity contribution in [1.82, 2.24) is 0 Å². The fraction of sp³-hybridized carbons (Fsp3) is 0.128. The van der Waals surface area contributed by atoms with Gasteiger partial charge in [0.05, 0.1) is 5.54 Å². The van der Waals surface area contributed by atoms with Gasteiger partial charge in [0.2, 0.25) is 0 Å². The maximum Gasteiger partial charge on any atom is 0.143 e. The molecule has 41 heavy (non-hydrogen) atoms. The van der Waals surface area contributed by atoms with Crippen molar-refractivity contribution >= 4 is 44.1 Å². The molecule has 0 saturated carbocycles. The third kappa shape index (κ3) is 4.10. The lowest BCUT2D eigenvalue weighted by Gasteiger charge is -2.46. The second kappa shape index (κ2) is 10.3. The lowest BCUT2D eigenvalue weighted by Crippen LogP contribution is -2.42. The van der Waals surface area contributed by atoms with Crippen LogP contribution in [-0.4, -0.2) is 0 Å². The van der Waals surface area contributed by atoms with Crippen LogP contribution in [-0.2, 0) is 5.54 Å². The van der Waals surface area contributed by atoms with Gasteiger partial charge in [-0.05, 0) is 53.6 Å². The summed E-state index contributed by atoms with van der Waals surface area (Å²) in [6.45, 7) is 4.62. The Morgan fingerprint density at radius 1 is 0.561 bits per heavy atom. The first-order chi connectivity index (χ1) is 20.2. The van der Waals surface area contributed by atoms with Gasteiger partial charge >= 0.3 is 0 Å². The molecule has 0 radical (unpaired) electrons. The highest BCUT2D eigenvalue weighted by Crippen LogP contribution is 2.47. The average Bonchev–Trinajstić information content (AvgIpc) is 3.43. The first kappa shape index (κ1) is 25.2. The molecule has 0 spiro atoms. The second-order valence-corrected chi connectivity index (χ2v) is 10.8. The van der Waals surface area contributed by atoms with Crippen LogP contribution in [0.1, 0.15) is 32.3 Å². The molecule has 7 aromatic rings. The van der Waals surface area contributed by atoms with Crippen molar-refractivity contribution < 1.29 is 4.42 Å². The Bertz CT molecular complexity index is 1960. The normalized spacial score (nSPS) is 11.9. The van der Waals surface area contributed by atoms with Crippen molar-refractivity contribution in [3.63, 3.8) is 0 Å². The van der Waals surface area contributed by atoms with E-state index in [1.54, 1.807) is 0 Å².